The Labute approximate surface area is 114 Å². The number of nitrogens with zero attached hydrogens (tertiary/aromatic N) is 2. The Hall–Kier alpha value is -1.97. The van der Waals surface area contributed by atoms with E-state index < -0.39 is 0 Å². The molecule has 1 aromatic heterocycles. The predicted octanol–water partition coefficient (Wildman–Crippen LogP) is 3.07. The van der Waals surface area contributed by atoms with Crippen molar-refractivity contribution >= 4 is 5.82 Å². The summed E-state index contributed by atoms with van der Waals surface area (Å²) in [6.07, 6.45) is 0. The summed E-state index contributed by atoms with van der Waals surface area (Å²) in [7, 11) is 1.65. The molecule has 0 bridgehead atoms. The normalized spacial score (nSPS) is 11.6. The van der Waals surface area contributed by atoms with Gasteiger partial charge in [-0.05, 0) is 24.6 Å². The maximum absolute atomic E-state index is 6.09. The summed E-state index contributed by atoms with van der Waals surface area (Å²) in [6.45, 7) is 8.39. The van der Waals surface area contributed by atoms with Crippen LogP contribution >= 0.6 is 0 Å². The summed E-state index contributed by atoms with van der Waals surface area (Å²) < 4.78 is 7.13. The molecule has 102 valence electrons. The highest BCUT2D eigenvalue weighted by Crippen LogP contribution is 2.29. The lowest BCUT2D eigenvalue weighted by Gasteiger charge is -2.14. The minimum absolute atomic E-state index is 0.0313. The van der Waals surface area contributed by atoms with Crippen molar-refractivity contribution in [2.45, 2.75) is 33.1 Å². The van der Waals surface area contributed by atoms with Gasteiger partial charge in [0.25, 0.3) is 0 Å². The lowest BCUT2D eigenvalue weighted by molar-refractivity contribution is 0.411. The molecule has 1 aromatic carbocycles. The highest BCUT2D eigenvalue weighted by molar-refractivity contribution is 5.53. The van der Waals surface area contributed by atoms with E-state index in [0.717, 1.165) is 22.7 Å². The summed E-state index contributed by atoms with van der Waals surface area (Å²) >= 11 is 0. The van der Waals surface area contributed by atoms with Gasteiger partial charge in [0, 0.05) is 11.5 Å². The number of nitrogens with two attached hydrogens (primary N) is 1. The molecule has 0 aliphatic rings. The van der Waals surface area contributed by atoms with Crippen LogP contribution < -0.4 is 10.5 Å². The lowest BCUT2D eigenvalue weighted by Crippen LogP contribution is -2.13. The van der Waals surface area contributed by atoms with Crippen LogP contribution in [0.1, 0.15) is 32.0 Å². The molecule has 0 unspecified atom stereocenters. The van der Waals surface area contributed by atoms with E-state index in [1.807, 2.05) is 31.2 Å². The van der Waals surface area contributed by atoms with Crippen LogP contribution in [0.5, 0.6) is 5.75 Å². The van der Waals surface area contributed by atoms with Crippen molar-refractivity contribution in [3.8, 4) is 11.4 Å². The van der Waals surface area contributed by atoms with Gasteiger partial charge in [0.1, 0.15) is 17.3 Å². The topological polar surface area (TPSA) is 53.1 Å². The summed E-state index contributed by atoms with van der Waals surface area (Å²) in [5.41, 5.74) is 9.04. The number of hydrogen-bond acceptors (Lipinski definition) is 3. The lowest BCUT2D eigenvalue weighted by atomic mass is 9.92. The van der Waals surface area contributed by atoms with Crippen molar-refractivity contribution in [2.24, 2.45) is 0 Å². The molecule has 19 heavy (non-hydrogen) atoms. The van der Waals surface area contributed by atoms with Crippen LogP contribution in [-0.2, 0) is 5.41 Å². The fourth-order valence-corrected chi connectivity index (χ4v) is 1.92. The Kier molecular flexibility index (Phi) is 3.27. The Morgan fingerprint density at radius 3 is 2.42 bits per heavy atom. The van der Waals surface area contributed by atoms with Crippen molar-refractivity contribution in [1.82, 2.24) is 9.78 Å². The summed E-state index contributed by atoms with van der Waals surface area (Å²) in [5.74, 6) is 1.38. The van der Waals surface area contributed by atoms with E-state index in [-0.39, 0.29) is 5.41 Å². The van der Waals surface area contributed by atoms with Crippen molar-refractivity contribution < 1.29 is 4.74 Å². The molecular weight excluding hydrogens is 238 g/mol. The standard InChI is InChI=1S/C15H21N3O/c1-10-6-7-12(19-5)11(8-10)18-14(16)9-13(17-18)15(2,3)4/h6-9H,16H2,1-5H3. The Morgan fingerprint density at radius 1 is 1.21 bits per heavy atom. The van der Waals surface area contributed by atoms with Gasteiger partial charge in [0.2, 0.25) is 0 Å². The molecular formula is C15H21N3O. The van der Waals surface area contributed by atoms with Crippen molar-refractivity contribution in [2.75, 3.05) is 12.8 Å². The van der Waals surface area contributed by atoms with Crippen LogP contribution in [0.3, 0.4) is 0 Å². The third-order valence-corrected chi connectivity index (χ3v) is 3.07. The number of ether oxygens (including phenoxy) is 1. The number of aryl methyl sites for hydroxylation is 1. The van der Waals surface area contributed by atoms with E-state index in [2.05, 4.69) is 25.9 Å². The fraction of sp³-hybridized carbons (Fsp3) is 0.400. The van der Waals surface area contributed by atoms with Gasteiger partial charge < -0.3 is 10.5 Å². The Morgan fingerprint density at radius 2 is 1.89 bits per heavy atom. The molecule has 4 heteroatoms. The average molecular weight is 259 g/mol. The van der Waals surface area contributed by atoms with Gasteiger partial charge in [-0.3, -0.25) is 0 Å². The van der Waals surface area contributed by atoms with E-state index in [1.165, 1.54) is 0 Å². The van der Waals surface area contributed by atoms with Crippen molar-refractivity contribution in [1.29, 1.82) is 0 Å². The van der Waals surface area contributed by atoms with E-state index in [9.17, 15) is 0 Å². The molecule has 2 N–H and O–H groups in total. The summed E-state index contributed by atoms with van der Waals surface area (Å²) in [5, 5.41) is 4.61. The zero-order chi connectivity index (χ0) is 14.2. The summed E-state index contributed by atoms with van der Waals surface area (Å²) in [4.78, 5) is 0. The van der Waals surface area contributed by atoms with Gasteiger partial charge in [-0.15, -0.1) is 0 Å². The minimum atomic E-state index is -0.0313. The molecule has 0 aliphatic carbocycles. The average Bonchev–Trinajstić information content (AvgIpc) is 2.71. The van der Waals surface area contributed by atoms with E-state index in [0.29, 0.717) is 5.82 Å². The maximum Gasteiger partial charge on any atom is 0.144 e. The molecule has 0 saturated heterocycles. The molecule has 2 rings (SSSR count). The number of rotatable bonds is 2. The number of aromatic nitrogens is 2. The second kappa shape index (κ2) is 4.61. The third-order valence-electron chi connectivity index (χ3n) is 3.07. The number of methoxy groups -OCH3 is 1. The van der Waals surface area contributed by atoms with Gasteiger partial charge in [-0.25, -0.2) is 4.68 Å². The highest BCUT2D eigenvalue weighted by Gasteiger charge is 2.20. The Bertz CT molecular complexity index is 594. The monoisotopic (exact) mass is 259 g/mol. The zero-order valence-electron chi connectivity index (χ0n) is 12.2. The molecule has 0 radical (unpaired) electrons. The van der Waals surface area contributed by atoms with E-state index in [4.69, 9.17) is 10.5 Å². The molecule has 2 aromatic rings. The molecule has 0 aliphatic heterocycles. The quantitative estimate of drug-likeness (QED) is 0.901. The molecule has 0 atom stereocenters. The second-order valence-electron chi connectivity index (χ2n) is 5.79. The van der Waals surface area contributed by atoms with Crippen LogP contribution in [0, 0.1) is 6.92 Å². The first kappa shape index (κ1) is 13.5. The third kappa shape index (κ3) is 2.57. The molecule has 1 heterocycles. The second-order valence-corrected chi connectivity index (χ2v) is 5.79. The first-order valence-electron chi connectivity index (χ1n) is 6.34. The van der Waals surface area contributed by atoms with Crippen LogP contribution in [0.15, 0.2) is 24.3 Å². The largest absolute Gasteiger partial charge is 0.494 e. The number of benzene rings is 1. The van der Waals surface area contributed by atoms with Crippen LogP contribution in [0.25, 0.3) is 5.69 Å². The van der Waals surface area contributed by atoms with Gasteiger partial charge in [0.15, 0.2) is 0 Å². The number of anilines is 1. The molecule has 0 spiro atoms. The highest BCUT2D eigenvalue weighted by atomic mass is 16.5. The smallest absolute Gasteiger partial charge is 0.144 e. The van der Waals surface area contributed by atoms with Crippen LogP contribution in [0.4, 0.5) is 5.82 Å². The molecule has 4 nitrogen and oxygen atoms in total. The van der Waals surface area contributed by atoms with Crippen molar-refractivity contribution in [3.05, 3.63) is 35.5 Å². The molecule has 0 amide bonds. The minimum Gasteiger partial charge on any atom is -0.494 e. The van der Waals surface area contributed by atoms with Gasteiger partial charge >= 0.3 is 0 Å². The first-order chi connectivity index (χ1) is 8.82. The van der Waals surface area contributed by atoms with E-state index in [1.54, 1.807) is 11.8 Å². The molecule has 0 saturated carbocycles. The first-order valence-corrected chi connectivity index (χ1v) is 6.34. The van der Waals surface area contributed by atoms with Gasteiger partial charge in [-0.1, -0.05) is 26.8 Å². The summed E-state index contributed by atoms with van der Waals surface area (Å²) in [6, 6.07) is 7.88. The SMILES string of the molecule is COc1ccc(C)cc1-n1nc(C(C)(C)C)cc1N. The van der Waals surface area contributed by atoms with Crippen molar-refractivity contribution in [3.63, 3.8) is 0 Å². The zero-order valence-corrected chi connectivity index (χ0v) is 12.2. The predicted molar refractivity (Wildman–Crippen MR) is 78.0 cm³/mol. The van der Waals surface area contributed by atoms with E-state index >= 15 is 0 Å². The van der Waals surface area contributed by atoms with Gasteiger partial charge in [-0.2, -0.15) is 5.10 Å². The maximum atomic E-state index is 6.09. The number of hydrogen-bond donors (Lipinski definition) is 1. The van der Waals surface area contributed by atoms with Crippen LogP contribution in [0.2, 0.25) is 0 Å². The molecule has 0 fully saturated rings. The fourth-order valence-electron chi connectivity index (χ4n) is 1.92. The van der Waals surface area contributed by atoms with Crippen LogP contribution in [-0.4, -0.2) is 16.9 Å². The number of nitrogen functional groups attached to an aromatic ring is 1. The van der Waals surface area contributed by atoms with Gasteiger partial charge in [0.05, 0.1) is 12.8 Å². The Balaban J connectivity index is 2.59.